The Morgan fingerprint density at radius 2 is 1.90 bits per heavy atom. The fourth-order valence-corrected chi connectivity index (χ4v) is 2.85. The second-order valence-electron chi connectivity index (χ2n) is 5.62. The van der Waals surface area contributed by atoms with Gasteiger partial charge in [-0.1, -0.05) is 54.1 Å². The van der Waals surface area contributed by atoms with E-state index in [1.54, 1.807) is 0 Å². The van der Waals surface area contributed by atoms with Gasteiger partial charge in [-0.3, -0.25) is 9.79 Å². The molecular weight excluding hydrogens is 258 g/mol. The van der Waals surface area contributed by atoms with Crippen LogP contribution >= 0.6 is 0 Å². The van der Waals surface area contributed by atoms with E-state index in [1.165, 1.54) is 0 Å². The molecule has 2 nitrogen and oxygen atoms in total. The van der Waals surface area contributed by atoms with Crippen LogP contribution < -0.4 is 0 Å². The Bertz CT molecular complexity index is 673. The van der Waals surface area contributed by atoms with Crippen molar-refractivity contribution in [3.8, 4) is 0 Å². The lowest BCUT2D eigenvalue weighted by atomic mass is 9.86. The van der Waals surface area contributed by atoms with Gasteiger partial charge in [-0.2, -0.15) is 0 Å². The Labute approximate surface area is 125 Å². The van der Waals surface area contributed by atoms with Crippen LogP contribution in [0.5, 0.6) is 0 Å². The summed E-state index contributed by atoms with van der Waals surface area (Å²) in [5.74, 6) is 0.307. The molecule has 0 aromatic heterocycles. The fourth-order valence-electron chi connectivity index (χ4n) is 2.85. The lowest BCUT2D eigenvalue weighted by Crippen LogP contribution is -2.24. The number of aliphatic imine (C=N–C) groups is 1. The summed E-state index contributed by atoms with van der Waals surface area (Å²) in [6.07, 6.45) is 1.60. The summed E-state index contributed by atoms with van der Waals surface area (Å²) in [5, 5.41) is 0. The summed E-state index contributed by atoms with van der Waals surface area (Å²) in [7, 11) is 0. The third-order valence-electron chi connectivity index (χ3n) is 4.00. The van der Waals surface area contributed by atoms with Gasteiger partial charge in [0, 0.05) is 23.7 Å². The molecule has 0 bridgehead atoms. The summed E-state index contributed by atoms with van der Waals surface area (Å²) in [6.45, 7) is 2.76. The quantitative estimate of drug-likeness (QED) is 0.777. The first-order chi connectivity index (χ1) is 10.2. The molecular formula is C19H19NO. The molecule has 21 heavy (non-hydrogen) atoms. The molecule has 0 N–H and O–H groups in total. The van der Waals surface area contributed by atoms with Crippen molar-refractivity contribution >= 4 is 11.5 Å². The van der Waals surface area contributed by atoms with Crippen LogP contribution in [0.4, 0.5) is 0 Å². The summed E-state index contributed by atoms with van der Waals surface area (Å²) in [6, 6.07) is 18.1. The number of aryl methyl sites for hydroxylation is 1. The van der Waals surface area contributed by atoms with Gasteiger partial charge < -0.3 is 0 Å². The van der Waals surface area contributed by atoms with E-state index in [-0.39, 0.29) is 11.7 Å². The van der Waals surface area contributed by atoms with Gasteiger partial charge in [-0.15, -0.1) is 0 Å². The van der Waals surface area contributed by atoms with Crippen molar-refractivity contribution in [2.45, 2.75) is 19.8 Å². The summed E-state index contributed by atoms with van der Waals surface area (Å²) in [5.41, 5.74) is 4.16. The minimum atomic E-state index is 0.0551. The fraction of sp³-hybridized carbons (Fsp3) is 0.263. The molecule has 0 amide bonds. The average molecular weight is 277 g/mol. The van der Waals surface area contributed by atoms with E-state index in [4.69, 9.17) is 0 Å². The third kappa shape index (κ3) is 3.10. The van der Waals surface area contributed by atoms with E-state index in [0.717, 1.165) is 41.8 Å². The van der Waals surface area contributed by atoms with E-state index < -0.39 is 0 Å². The van der Waals surface area contributed by atoms with Gasteiger partial charge in [0.15, 0.2) is 5.78 Å². The molecule has 2 heteroatoms. The highest BCUT2D eigenvalue weighted by atomic mass is 16.1. The van der Waals surface area contributed by atoms with Gasteiger partial charge in [-0.05, 0) is 31.4 Å². The number of nitrogens with zero attached hydrogens (tertiary/aromatic N) is 1. The van der Waals surface area contributed by atoms with Crippen molar-refractivity contribution in [2.24, 2.45) is 10.9 Å². The molecule has 1 atom stereocenters. The number of ketones is 1. The van der Waals surface area contributed by atoms with Gasteiger partial charge in [0.25, 0.3) is 0 Å². The number of hydrogen-bond donors (Lipinski definition) is 0. The van der Waals surface area contributed by atoms with Gasteiger partial charge in [0.1, 0.15) is 0 Å². The van der Waals surface area contributed by atoms with Gasteiger partial charge in [0.05, 0.1) is 0 Å². The Morgan fingerprint density at radius 1 is 1.10 bits per heavy atom. The average Bonchev–Trinajstić information content (AvgIpc) is 2.55. The maximum atomic E-state index is 12.7. The van der Waals surface area contributed by atoms with E-state index in [2.05, 4.69) is 17.1 Å². The zero-order valence-corrected chi connectivity index (χ0v) is 12.3. The van der Waals surface area contributed by atoms with Gasteiger partial charge in [-0.25, -0.2) is 0 Å². The highest BCUT2D eigenvalue weighted by molar-refractivity contribution is 6.06. The Morgan fingerprint density at radius 3 is 2.67 bits per heavy atom. The number of hydrogen-bond acceptors (Lipinski definition) is 2. The molecule has 0 fully saturated rings. The van der Waals surface area contributed by atoms with E-state index in [9.17, 15) is 4.79 Å². The smallest absolute Gasteiger partial charge is 0.166 e. The van der Waals surface area contributed by atoms with Crippen LogP contribution in [0.1, 0.15) is 34.3 Å². The first kappa shape index (κ1) is 13.7. The minimum absolute atomic E-state index is 0.0551. The van der Waals surface area contributed by atoms with Crippen molar-refractivity contribution in [2.75, 3.05) is 6.54 Å². The third-order valence-corrected chi connectivity index (χ3v) is 4.00. The topological polar surface area (TPSA) is 29.4 Å². The molecule has 0 aliphatic carbocycles. The highest BCUT2D eigenvalue weighted by Gasteiger charge is 2.25. The van der Waals surface area contributed by atoms with Crippen molar-refractivity contribution < 1.29 is 4.79 Å². The molecule has 0 saturated heterocycles. The number of rotatable bonds is 3. The first-order valence-electron chi connectivity index (χ1n) is 7.43. The number of Topliss-reactive ketones (excluding diaryl/α,β-unsaturated/α-hetero) is 1. The zero-order valence-electron chi connectivity index (χ0n) is 12.3. The lowest BCUT2D eigenvalue weighted by Gasteiger charge is -2.21. The van der Waals surface area contributed by atoms with E-state index >= 15 is 0 Å². The number of carbonyl (C=O) groups is 1. The molecule has 1 unspecified atom stereocenters. The molecule has 0 spiro atoms. The van der Waals surface area contributed by atoms with Crippen LogP contribution in [0.25, 0.3) is 0 Å². The largest absolute Gasteiger partial charge is 0.294 e. The molecule has 106 valence electrons. The highest BCUT2D eigenvalue weighted by Crippen LogP contribution is 2.23. The minimum Gasteiger partial charge on any atom is -0.294 e. The normalized spacial score (nSPS) is 18.1. The molecule has 1 heterocycles. The van der Waals surface area contributed by atoms with Crippen LogP contribution in [0.3, 0.4) is 0 Å². The second kappa shape index (κ2) is 6.04. The van der Waals surface area contributed by atoms with Crippen LogP contribution in [-0.2, 0) is 0 Å². The van der Waals surface area contributed by atoms with Crippen molar-refractivity contribution in [1.29, 1.82) is 0 Å². The van der Waals surface area contributed by atoms with Crippen LogP contribution in [0, 0.1) is 12.8 Å². The van der Waals surface area contributed by atoms with Gasteiger partial charge >= 0.3 is 0 Å². The van der Waals surface area contributed by atoms with Crippen LogP contribution in [0.15, 0.2) is 59.6 Å². The van der Waals surface area contributed by atoms with Crippen LogP contribution in [-0.4, -0.2) is 18.0 Å². The number of carbonyl (C=O) groups excluding carboxylic acids is 1. The van der Waals surface area contributed by atoms with Crippen molar-refractivity contribution in [3.05, 3.63) is 71.3 Å². The van der Waals surface area contributed by atoms with E-state index in [1.807, 2.05) is 49.4 Å². The van der Waals surface area contributed by atoms with Crippen LogP contribution in [0.2, 0.25) is 0 Å². The molecule has 1 aliphatic rings. The van der Waals surface area contributed by atoms with Crippen molar-refractivity contribution in [3.63, 3.8) is 0 Å². The molecule has 0 saturated carbocycles. The monoisotopic (exact) mass is 277 g/mol. The molecule has 2 aromatic carbocycles. The molecule has 1 aliphatic heterocycles. The molecule has 2 aromatic rings. The Hall–Kier alpha value is -2.22. The lowest BCUT2D eigenvalue weighted by molar-refractivity contribution is 0.0916. The predicted octanol–water partition coefficient (Wildman–Crippen LogP) is 4.08. The first-order valence-corrected chi connectivity index (χ1v) is 7.43. The Kier molecular flexibility index (Phi) is 3.96. The SMILES string of the molecule is Cc1cccc(C(=O)C2CCN=C(c3ccccc3)C2)c1. The summed E-state index contributed by atoms with van der Waals surface area (Å²) < 4.78 is 0. The van der Waals surface area contributed by atoms with Gasteiger partial charge in [0.2, 0.25) is 0 Å². The second-order valence-corrected chi connectivity index (χ2v) is 5.62. The molecule has 3 rings (SSSR count). The van der Waals surface area contributed by atoms with Crippen molar-refractivity contribution in [1.82, 2.24) is 0 Å². The standard InChI is InChI=1S/C19H19NO/c1-14-6-5-9-16(12-14)19(21)17-10-11-20-18(13-17)15-7-3-2-4-8-15/h2-9,12,17H,10-11,13H2,1H3. The summed E-state index contributed by atoms with van der Waals surface area (Å²) >= 11 is 0. The maximum Gasteiger partial charge on any atom is 0.166 e. The zero-order chi connectivity index (χ0) is 14.7. The molecule has 0 radical (unpaired) electrons. The predicted molar refractivity (Wildman–Crippen MR) is 86.1 cm³/mol. The maximum absolute atomic E-state index is 12.7. The van der Waals surface area contributed by atoms with E-state index in [0.29, 0.717) is 0 Å². The number of benzene rings is 2. The summed E-state index contributed by atoms with van der Waals surface area (Å²) in [4.78, 5) is 17.3. The Balaban J connectivity index is 1.79.